The molecule has 1 aromatic heterocycles. The minimum atomic E-state index is -0.286. The minimum absolute atomic E-state index is 0.286. The van der Waals surface area contributed by atoms with Crippen LogP contribution in [0.25, 0.3) is 12.2 Å². The van der Waals surface area contributed by atoms with Crippen LogP contribution in [-0.2, 0) is 0 Å². The Morgan fingerprint density at radius 3 is 2.16 bits per heavy atom. The van der Waals surface area contributed by atoms with E-state index >= 15 is 0 Å². The van der Waals surface area contributed by atoms with E-state index in [1.165, 1.54) is 4.90 Å². The molecule has 4 nitrogen and oxygen atoms in total. The number of carbonyl (C=O) groups excluding carboxylic acids is 2. The zero-order chi connectivity index (χ0) is 17.2. The van der Waals surface area contributed by atoms with Crippen LogP contribution in [-0.4, -0.2) is 16.8 Å². The molecular formula is C21H14N2O2. The van der Waals surface area contributed by atoms with Gasteiger partial charge in [0.15, 0.2) is 0 Å². The summed E-state index contributed by atoms with van der Waals surface area (Å²) in [6.45, 7) is 0. The molecule has 0 spiro atoms. The number of carbonyl (C=O) groups is 2. The maximum absolute atomic E-state index is 12.6. The fourth-order valence-corrected chi connectivity index (χ4v) is 2.85. The summed E-state index contributed by atoms with van der Waals surface area (Å²) in [5.41, 5.74) is 3.19. The molecule has 0 saturated heterocycles. The molecule has 0 atom stereocenters. The maximum Gasteiger partial charge on any atom is 0.266 e. The van der Waals surface area contributed by atoms with Gasteiger partial charge in [-0.3, -0.25) is 14.6 Å². The second-order valence-electron chi connectivity index (χ2n) is 5.67. The Kier molecular flexibility index (Phi) is 3.71. The molecule has 2 aromatic carbocycles. The standard InChI is InChI=1S/C21H14N2O2/c24-20-18-9-1-2-10-19(18)21(25)23(20)17-8-5-6-15(14-17)11-12-16-7-3-4-13-22-16/h1-14H. The van der Waals surface area contributed by atoms with Gasteiger partial charge in [0.2, 0.25) is 0 Å². The summed E-state index contributed by atoms with van der Waals surface area (Å²) in [5.74, 6) is -0.571. The van der Waals surface area contributed by atoms with Crippen LogP contribution >= 0.6 is 0 Å². The van der Waals surface area contributed by atoms with Crippen LogP contribution in [0.2, 0.25) is 0 Å². The molecule has 0 aliphatic carbocycles. The van der Waals surface area contributed by atoms with Crippen molar-refractivity contribution in [2.45, 2.75) is 0 Å². The Labute approximate surface area is 145 Å². The van der Waals surface area contributed by atoms with Crippen molar-refractivity contribution in [1.82, 2.24) is 4.98 Å². The molecule has 0 fully saturated rings. The number of imide groups is 1. The first kappa shape index (κ1) is 15.0. The second kappa shape index (κ2) is 6.17. The molecule has 2 amide bonds. The highest BCUT2D eigenvalue weighted by Gasteiger charge is 2.36. The molecule has 2 heterocycles. The van der Waals surface area contributed by atoms with E-state index in [1.54, 1.807) is 36.5 Å². The van der Waals surface area contributed by atoms with Crippen LogP contribution in [0.15, 0.2) is 72.9 Å². The van der Waals surface area contributed by atoms with Crippen molar-refractivity contribution in [2.75, 3.05) is 4.90 Å². The zero-order valence-corrected chi connectivity index (χ0v) is 13.3. The summed E-state index contributed by atoms with van der Waals surface area (Å²) >= 11 is 0. The Bertz CT molecular complexity index is 959. The molecule has 25 heavy (non-hydrogen) atoms. The van der Waals surface area contributed by atoms with E-state index in [2.05, 4.69) is 4.98 Å². The van der Waals surface area contributed by atoms with Gasteiger partial charge in [-0.25, -0.2) is 4.90 Å². The van der Waals surface area contributed by atoms with Gasteiger partial charge in [0.05, 0.1) is 22.5 Å². The fourth-order valence-electron chi connectivity index (χ4n) is 2.85. The first-order valence-electron chi connectivity index (χ1n) is 7.91. The zero-order valence-electron chi connectivity index (χ0n) is 13.3. The maximum atomic E-state index is 12.6. The second-order valence-corrected chi connectivity index (χ2v) is 5.67. The van der Waals surface area contributed by atoms with Crippen LogP contribution in [0.3, 0.4) is 0 Å². The average molecular weight is 326 g/mol. The highest BCUT2D eigenvalue weighted by molar-refractivity contribution is 6.34. The Balaban J connectivity index is 1.66. The lowest BCUT2D eigenvalue weighted by Crippen LogP contribution is -2.29. The third kappa shape index (κ3) is 2.74. The van der Waals surface area contributed by atoms with E-state index in [0.717, 1.165) is 11.3 Å². The highest BCUT2D eigenvalue weighted by atomic mass is 16.2. The van der Waals surface area contributed by atoms with E-state index in [9.17, 15) is 9.59 Å². The molecule has 0 saturated carbocycles. The van der Waals surface area contributed by atoms with Crippen molar-refractivity contribution in [3.8, 4) is 0 Å². The Hall–Kier alpha value is -3.53. The lowest BCUT2D eigenvalue weighted by molar-refractivity contribution is 0.0926. The number of nitrogens with zero attached hydrogens (tertiary/aromatic N) is 2. The molecule has 120 valence electrons. The van der Waals surface area contributed by atoms with E-state index in [-0.39, 0.29) is 11.8 Å². The van der Waals surface area contributed by atoms with Crippen molar-refractivity contribution < 1.29 is 9.59 Å². The number of hydrogen-bond donors (Lipinski definition) is 0. The lowest BCUT2D eigenvalue weighted by atomic mass is 10.1. The molecular weight excluding hydrogens is 312 g/mol. The highest BCUT2D eigenvalue weighted by Crippen LogP contribution is 2.29. The van der Waals surface area contributed by atoms with Gasteiger partial charge in [-0.15, -0.1) is 0 Å². The summed E-state index contributed by atoms with van der Waals surface area (Å²) in [6.07, 6.45) is 5.53. The molecule has 1 aliphatic heterocycles. The summed E-state index contributed by atoms with van der Waals surface area (Å²) < 4.78 is 0. The lowest BCUT2D eigenvalue weighted by Gasteiger charge is -2.14. The number of fused-ring (bicyclic) bond motifs is 1. The van der Waals surface area contributed by atoms with E-state index in [0.29, 0.717) is 16.8 Å². The molecule has 1 aliphatic rings. The minimum Gasteiger partial charge on any atom is -0.268 e. The average Bonchev–Trinajstić information content (AvgIpc) is 2.92. The predicted octanol–water partition coefficient (Wildman–Crippen LogP) is 4.05. The van der Waals surface area contributed by atoms with Gasteiger partial charge in [0.1, 0.15) is 0 Å². The summed E-state index contributed by atoms with van der Waals surface area (Å²) in [5, 5.41) is 0. The van der Waals surface area contributed by atoms with Crippen molar-refractivity contribution in [3.05, 3.63) is 95.3 Å². The molecule has 0 bridgehead atoms. The largest absolute Gasteiger partial charge is 0.268 e. The van der Waals surface area contributed by atoms with Crippen LogP contribution in [0.4, 0.5) is 5.69 Å². The van der Waals surface area contributed by atoms with Crippen molar-refractivity contribution in [3.63, 3.8) is 0 Å². The Morgan fingerprint density at radius 1 is 0.760 bits per heavy atom. The number of amides is 2. The monoisotopic (exact) mass is 326 g/mol. The van der Waals surface area contributed by atoms with E-state index in [1.807, 2.05) is 48.6 Å². The molecule has 4 rings (SSSR count). The van der Waals surface area contributed by atoms with Crippen molar-refractivity contribution in [1.29, 1.82) is 0 Å². The fraction of sp³-hybridized carbons (Fsp3) is 0. The van der Waals surface area contributed by atoms with Crippen molar-refractivity contribution >= 4 is 29.7 Å². The summed E-state index contributed by atoms with van der Waals surface area (Å²) in [4.78, 5) is 30.6. The first-order chi connectivity index (χ1) is 12.2. The number of anilines is 1. The third-order valence-electron chi connectivity index (χ3n) is 4.06. The Morgan fingerprint density at radius 2 is 1.48 bits per heavy atom. The van der Waals surface area contributed by atoms with E-state index < -0.39 is 0 Å². The van der Waals surface area contributed by atoms with Gasteiger partial charge < -0.3 is 0 Å². The van der Waals surface area contributed by atoms with Gasteiger partial charge in [-0.2, -0.15) is 0 Å². The molecule has 4 heteroatoms. The van der Waals surface area contributed by atoms with Gasteiger partial charge in [0, 0.05) is 6.20 Å². The quantitative estimate of drug-likeness (QED) is 0.682. The predicted molar refractivity (Wildman–Crippen MR) is 97.2 cm³/mol. The first-order valence-corrected chi connectivity index (χ1v) is 7.91. The number of benzene rings is 2. The number of rotatable bonds is 3. The van der Waals surface area contributed by atoms with Gasteiger partial charge in [-0.1, -0.05) is 36.4 Å². The van der Waals surface area contributed by atoms with Gasteiger partial charge in [-0.05, 0) is 48.0 Å². The molecule has 0 radical (unpaired) electrons. The van der Waals surface area contributed by atoms with E-state index in [4.69, 9.17) is 0 Å². The van der Waals surface area contributed by atoms with Crippen LogP contribution in [0, 0.1) is 0 Å². The number of pyridine rings is 1. The van der Waals surface area contributed by atoms with Crippen molar-refractivity contribution in [2.24, 2.45) is 0 Å². The van der Waals surface area contributed by atoms with Crippen LogP contribution in [0.1, 0.15) is 32.0 Å². The number of hydrogen-bond acceptors (Lipinski definition) is 3. The van der Waals surface area contributed by atoms with Crippen LogP contribution < -0.4 is 4.90 Å². The summed E-state index contributed by atoms with van der Waals surface area (Å²) in [6, 6.07) is 19.9. The molecule has 3 aromatic rings. The summed E-state index contributed by atoms with van der Waals surface area (Å²) in [7, 11) is 0. The molecule has 0 unspecified atom stereocenters. The molecule has 0 N–H and O–H groups in total. The van der Waals surface area contributed by atoms with Crippen LogP contribution in [0.5, 0.6) is 0 Å². The topological polar surface area (TPSA) is 50.3 Å². The van der Waals surface area contributed by atoms with Gasteiger partial charge >= 0.3 is 0 Å². The van der Waals surface area contributed by atoms with Gasteiger partial charge in [0.25, 0.3) is 11.8 Å². The SMILES string of the molecule is O=C1c2ccccc2C(=O)N1c1cccc(C=Cc2ccccn2)c1. The normalized spacial score (nSPS) is 13.5. The smallest absolute Gasteiger partial charge is 0.266 e. The third-order valence-corrected chi connectivity index (χ3v) is 4.06. The number of aromatic nitrogens is 1.